The molecule has 7 heteroatoms. The van der Waals surface area contributed by atoms with Crippen LogP contribution in [0.5, 0.6) is 5.75 Å². The first-order chi connectivity index (χ1) is 13.9. The Hall–Kier alpha value is -3.61. The molecule has 29 heavy (non-hydrogen) atoms. The van der Waals surface area contributed by atoms with E-state index in [1.165, 1.54) is 0 Å². The van der Waals surface area contributed by atoms with Gasteiger partial charge < -0.3 is 20.0 Å². The number of carbonyl (C=O) groups excluding carboxylic acids is 2. The molecule has 1 aromatic heterocycles. The summed E-state index contributed by atoms with van der Waals surface area (Å²) < 4.78 is 6.94. The zero-order valence-corrected chi connectivity index (χ0v) is 16.5. The van der Waals surface area contributed by atoms with Crippen LogP contribution in [0.3, 0.4) is 0 Å². The minimum Gasteiger partial charge on any atom is -0.530 e. The molecule has 0 atom stereocenters. The number of rotatable bonds is 7. The van der Waals surface area contributed by atoms with E-state index in [1.54, 1.807) is 17.9 Å². The Kier molecular flexibility index (Phi) is 5.97. The van der Waals surface area contributed by atoms with Gasteiger partial charge in [0.2, 0.25) is 0 Å². The molecule has 150 valence electrons. The molecule has 3 rings (SSSR count). The molecule has 0 fully saturated rings. The molecule has 0 spiro atoms. The van der Waals surface area contributed by atoms with Crippen LogP contribution < -0.4 is 15.2 Å². The molecular formula is C22H22N3O4-. The van der Waals surface area contributed by atoms with Gasteiger partial charge >= 0.3 is 0 Å². The summed E-state index contributed by atoms with van der Waals surface area (Å²) >= 11 is 0. The van der Waals surface area contributed by atoms with Crippen LogP contribution in [0.25, 0.3) is 16.9 Å². The maximum absolute atomic E-state index is 12.5. The first kappa shape index (κ1) is 20.1. The molecule has 0 unspecified atom stereocenters. The van der Waals surface area contributed by atoms with E-state index in [1.807, 2.05) is 62.4 Å². The zero-order valence-electron chi connectivity index (χ0n) is 16.5. The molecule has 1 heterocycles. The maximum Gasteiger partial charge on any atom is 0.185 e. The molecule has 0 saturated heterocycles. The van der Waals surface area contributed by atoms with Gasteiger partial charge in [0.1, 0.15) is 17.5 Å². The Bertz CT molecular complexity index is 1010. The van der Waals surface area contributed by atoms with Gasteiger partial charge in [0.05, 0.1) is 18.5 Å². The molecule has 0 aliphatic carbocycles. The number of Topliss-reactive ketones (excluding diaryl/α,β-unsaturated/α-hetero) is 1. The van der Waals surface area contributed by atoms with Crippen LogP contribution in [0.1, 0.15) is 29.9 Å². The summed E-state index contributed by atoms with van der Waals surface area (Å²) in [7, 11) is 1.60. The average molecular weight is 392 g/mol. The molecule has 1 amide bonds. The number of hydrogen-bond donors (Lipinski definition) is 1. The van der Waals surface area contributed by atoms with Gasteiger partial charge in [0.25, 0.3) is 0 Å². The van der Waals surface area contributed by atoms with E-state index in [0.717, 1.165) is 28.3 Å². The predicted molar refractivity (Wildman–Crippen MR) is 107 cm³/mol. The van der Waals surface area contributed by atoms with E-state index in [0.29, 0.717) is 5.69 Å². The number of benzene rings is 2. The lowest BCUT2D eigenvalue weighted by Crippen LogP contribution is -2.35. The molecule has 3 aromatic rings. The summed E-state index contributed by atoms with van der Waals surface area (Å²) in [6.07, 6.45) is -1.32. The number of carboxylic acid groups (broad SMARTS) is 1. The van der Waals surface area contributed by atoms with Gasteiger partial charge in [-0.15, -0.1) is 0 Å². The molecule has 0 saturated carbocycles. The van der Waals surface area contributed by atoms with Crippen molar-refractivity contribution >= 4 is 11.9 Å². The van der Waals surface area contributed by atoms with Gasteiger partial charge in [-0.3, -0.25) is 4.79 Å². The summed E-state index contributed by atoms with van der Waals surface area (Å²) in [5.41, 5.74) is 3.61. The molecule has 0 aliphatic rings. The van der Waals surface area contributed by atoms with E-state index in [-0.39, 0.29) is 18.2 Å². The standard InChI is InChI=1S/C22H23N3O4/c1-14(2)21(26)19-12-20(16-6-4-15(5-7-16)13-23-22(27)28)25(24-19)17-8-10-18(29-3)11-9-17/h4-12,14,23H,13H2,1-3H3,(H,27,28)/p-1. The van der Waals surface area contributed by atoms with E-state index < -0.39 is 6.09 Å². The highest BCUT2D eigenvalue weighted by Gasteiger charge is 2.19. The molecular weight excluding hydrogens is 370 g/mol. The molecule has 2 aromatic carbocycles. The molecule has 7 nitrogen and oxygen atoms in total. The second-order valence-corrected chi connectivity index (χ2v) is 6.88. The minimum absolute atomic E-state index is 0.0340. The van der Waals surface area contributed by atoms with Gasteiger partial charge in [-0.05, 0) is 35.9 Å². The van der Waals surface area contributed by atoms with Crippen LogP contribution in [0.4, 0.5) is 4.79 Å². The van der Waals surface area contributed by atoms with Crippen molar-refractivity contribution < 1.29 is 19.4 Å². The van der Waals surface area contributed by atoms with Crippen molar-refractivity contribution in [1.82, 2.24) is 15.1 Å². The molecule has 0 bridgehead atoms. The average Bonchev–Trinajstić information content (AvgIpc) is 3.17. The van der Waals surface area contributed by atoms with Crippen molar-refractivity contribution in [2.24, 2.45) is 5.92 Å². The Morgan fingerprint density at radius 2 is 1.76 bits per heavy atom. The summed E-state index contributed by atoms with van der Waals surface area (Å²) in [4.78, 5) is 23.1. The van der Waals surface area contributed by atoms with Gasteiger partial charge in [-0.2, -0.15) is 5.10 Å². The SMILES string of the molecule is COc1ccc(-n2nc(C(=O)C(C)C)cc2-c2ccc(CNC(=O)[O-])cc2)cc1. The van der Waals surface area contributed by atoms with Crippen molar-refractivity contribution in [1.29, 1.82) is 0 Å². The number of amides is 1. The summed E-state index contributed by atoms with van der Waals surface area (Å²) in [6.45, 7) is 3.85. The topological polar surface area (TPSA) is 96.3 Å². The van der Waals surface area contributed by atoms with Gasteiger partial charge in [-0.1, -0.05) is 38.1 Å². The monoisotopic (exact) mass is 392 g/mol. The quantitative estimate of drug-likeness (QED) is 0.624. The van der Waals surface area contributed by atoms with Crippen LogP contribution in [0, 0.1) is 5.92 Å². The first-order valence-corrected chi connectivity index (χ1v) is 9.22. The number of ether oxygens (including phenoxy) is 1. The summed E-state index contributed by atoms with van der Waals surface area (Å²) in [5, 5.41) is 17.3. The third-order valence-electron chi connectivity index (χ3n) is 4.49. The minimum atomic E-state index is -1.32. The van der Waals surface area contributed by atoms with E-state index >= 15 is 0 Å². The third-order valence-corrected chi connectivity index (χ3v) is 4.49. The smallest absolute Gasteiger partial charge is 0.185 e. The molecule has 0 aliphatic heterocycles. The van der Waals surface area contributed by atoms with E-state index in [9.17, 15) is 14.7 Å². The Labute approximate surface area is 168 Å². The fourth-order valence-corrected chi connectivity index (χ4v) is 2.89. The second-order valence-electron chi connectivity index (χ2n) is 6.88. The highest BCUT2D eigenvalue weighted by molar-refractivity contribution is 5.96. The van der Waals surface area contributed by atoms with Crippen molar-refractivity contribution in [2.45, 2.75) is 20.4 Å². The highest BCUT2D eigenvalue weighted by atomic mass is 16.5. The number of carbonyl (C=O) groups is 2. The number of methoxy groups -OCH3 is 1. The number of nitrogens with zero attached hydrogens (tertiary/aromatic N) is 2. The van der Waals surface area contributed by atoms with Crippen molar-refractivity contribution in [2.75, 3.05) is 7.11 Å². The lowest BCUT2D eigenvalue weighted by molar-refractivity contribution is -0.251. The number of nitrogens with one attached hydrogen (secondary N) is 1. The lowest BCUT2D eigenvalue weighted by atomic mass is 10.0. The number of aromatic nitrogens is 2. The zero-order chi connectivity index (χ0) is 21.0. The van der Waals surface area contributed by atoms with Crippen molar-refractivity contribution in [3.05, 3.63) is 65.9 Å². The van der Waals surface area contributed by atoms with Gasteiger partial charge in [0, 0.05) is 18.0 Å². The number of hydrogen-bond acceptors (Lipinski definition) is 5. The van der Waals surface area contributed by atoms with Crippen molar-refractivity contribution in [3.63, 3.8) is 0 Å². The van der Waals surface area contributed by atoms with E-state index in [4.69, 9.17) is 4.74 Å². The lowest BCUT2D eigenvalue weighted by Gasteiger charge is -2.10. The van der Waals surface area contributed by atoms with Crippen molar-refractivity contribution in [3.8, 4) is 22.7 Å². The van der Waals surface area contributed by atoms with E-state index in [2.05, 4.69) is 10.4 Å². The summed E-state index contributed by atoms with van der Waals surface area (Å²) in [5.74, 6) is 0.527. The van der Waals surface area contributed by atoms with Crippen LogP contribution in [0.15, 0.2) is 54.6 Å². The van der Waals surface area contributed by atoms with Crippen LogP contribution in [-0.4, -0.2) is 28.8 Å². The Morgan fingerprint density at radius 1 is 1.10 bits per heavy atom. The summed E-state index contributed by atoms with van der Waals surface area (Å²) in [6, 6.07) is 16.6. The largest absolute Gasteiger partial charge is 0.530 e. The number of ketones is 1. The normalized spacial score (nSPS) is 10.8. The predicted octanol–water partition coefficient (Wildman–Crippen LogP) is 2.82. The van der Waals surface area contributed by atoms with Gasteiger partial charge in [-0.25, -0.2) is 4.68 Å². The molecule has 0 radical (unpaired) electrons. The van der Waals surface area contributed by atoms with Crippen LogP contribution >= 0.6 is 0 Å². The highest BCUT2D eigenvalue weighted by Crippen LogP contribution is 2.26. The second kappa shape index (κ2) is 8.60. The Balaban J connectivity index is 2.01. The third kappa shape index (κ3) is 4.63. The maximum atomic E-state index is 12.5. The Morgan fingerprint density at radius 3 is 2.31 bits per heavy atom. The van der Waals surface area contributed by atoms with Gasteiger partial charge in [0.15, 0.2) is 5.78 Å². The fraction of sp³-hybridized carbons (Fsp3) is 0.227. The van der Waals surface area contributed by atoms with Crippen LogP contribution in [-0.2, 0) is 6.54 Å². The fourth-order valence-electron chi connectivity index (χ4n) is 2.89. The molecule has 1 N–H and O–H groups in total. The van der Waals surface area contributed by atoms with Crippen LogP contribution in [0.2, 0.25) is 0 Å². The first-order valence-electron chi connectivity index (χ1n) is 9.22.